The van der Waals surface area contributed by atoms with E-state index in [-0.39, 0.29) is 18.3 Å². The molecule has 6 rings (SSSR count). The lowest BCUT2D eigenvalue weighted by Crippen LogP contribution is -2.15. The monoisotopic (exact) mass is 627 g/mol. The second kappa shape index (κ2) is 12.2. The van der Waals surface area contributed by atoms with E-state index in [4.69, 9.17) is 32.8 Å². The van der Waals surface area contributed by atoms with E-state index in [1.807, 2.05) is 71.9 Å². The number of methoxy groups -OCH3 is 3. The van der Waals surface area contributed by atoms with Crippen LogP contribution in [0, 0.1) is 0 Å². The van der Waals surface area contributed by atoms with Crippen molar-refractivity contribution in [3.8, 4) is 56.9 Å². The zero-order chi connectivity index (χ0) is 32.9. The van der Waals surface area contributed by atoms with Crippen LogP contribution >= 0.6 is 0 Å². The second-order valence-electron chi connectivity index (χ2n) is 12.3. The van der Waals surface area contributed by atoms with Gasteiger partial charge in [-0.1, -0.05) is 6.07 Å². The summed E-state index contributed by atoms with van der Waals surface area (Å²) in [4.78, 5) is 14.0. The molecule has 0 atom stereocenters. The van der Waals surface area contributed by atoms with Crippen molar-refractivity contribution in [3.05, 3.63) is 58.4 Å². The standard InChI is InChI=1S/C37H41NO8/c1-19(2)43-30-15-23(10-11-26(30)40-7)33-34-25-17-29(42-9)32(45-21(5)6)18-27(25)46-37(39)36(34)38-13-12-22-14-31(44-20(3)4)28(41-8)16-24(22)35(33)38/h10-11,14-21H,12-13H2,1-9H3. The molecule has 0 unspecified atom stereocenters. The van der Waals surface area contributed by atoms with Crippen LogP contribution in [0.15, 0.2) is 51.7 Å². The van der Waals surface area contributed by atoms with Crippen LogP contribution in [0.5, 0.6) is 34.5 Å². The van der Waals surface area contributed by atoms with E-state index < -0.39 is 5.63 Å². The summed E-state index contributed by atoms with van der Waals surface area (Å²) in [7, 11) is 4.87. The summed E-state index contributed by atoms with van der Waals surface area (Å²) in [6.07, 6.45) is 0.487. The fraction of sp³-hybridized carbons (Fsp3) is 0.378. The number of fused-ring (bicyclic) bond motifs is 7. The first-order valence-electron chi connectivity index (χ1n) is 15.6. The van der Waals surface area contributed by atoms with Crippen molar-refractivity contribution >= 4 is 21.9 Å². The van der Waals surface area contributed by atoms with Crippen molar-refractivity contribution in [1.82, 2.24) is 4.57 Å². The van der Waals surface area contributed by atoms with Crippen molar-refractivity contribution < 1.29 is 32.8 Å². The third-order valence-corrected chi connectivity index (χ3v) is 7.98. The zero-order valence-electron chi connectivity index (χ0n) is 27.9. The first kappa shape index (κ1) is 31.2. The van der Waals surface area contributed by atoms with Crippen LogP contribution < -0.4 is 34.0 Å². The molecular formula is C37H41NO8. The predicted molar refractivity (Wildman–Crippen MR) is 180 cm³/mol. The van der Waals surface area contributed by atoms with E-state index in [2.05, 4.69) is 10.6 Å². The molecule has 0 spiro atoms. The molecule has 1 aliphatic rings. The molecule has 2 aromatic heterocycles. The first-order valence-corrected chi connectivity index (χ1v) is 15.6. The average Bonchev–Trinajstić information content (AvgIpc) is 3.36. The highest BCUT2D eigenvalue weighted by Gasteiger charge is 2.31. The maximum absolute atomic E-state index is 14.0. The van der Waals surface area contributed by atoms with Gasteiger partial charge in [0, 0.05) is 34.5 Å². The van der Waals surface area contributed by atoms with Crippen LogP contribution in [0.3, 0.4) is 0 Å². The Bertz CT molecular complexity index is 2000. The molecule has 0 bridgehead atoms. The molecule has 0 radical (unpaired) electrons. The largest absolute Gasteiger partial charge is 0.493 e. The molecule has 1 aliphatic heterocycles. The topological polar surface area (TPSA) is 90.5 Å². The van der Waals surface area contributed by atoms with Crippen LogP contribution in [0.25, 0.3) is 44.3 Å². The molecule has 9 nitrogen and oxygen atoms in total. The van der Waals surface area contributed by atoms with Gasteiger partial charge in [-0.3, -0.25) is 0 Å². The quantitative estimate of drug-likeness (QED) is 0.144. The number of ether oxygens (including phenoxy) is 6. The van der Waals surface area contributed by atoms with Gasteiger partial charge in [0.15, 0.2) is 34.5 Å². The molecule has 0 amide bonds. The molecule has 0 N–H and O–H groups in total. The first-order chi connectivity index (χ1) is 22.0. The minimum Gasteiger partial charge on any atom is -0.493 e. The van der Waals surface area contributed by atoms with Gasteiger partial charge in [-0.25, -0.2) is 4.79 Å². The second-order valence-corrected chi connectivity index (χ2v) is 12.3. The number of aryl methyl sites for hydroxylation is 2. The Morgan fingerprint density at radius 3 is 1.89 bits per heavy atom. The van der Waals surface area contributed by atoms with Gasteiger partial charge in [-0.15, -0.1) is 0 Å². The smallest absolute Gasteiger partial charge is 0.361 e. The fourth-order valence-corrected chi connectivity index (χ4v) is 6.30. The predicted octanol–water partition coefficient (Wildman–Crippen LogP) is 8.03. The Kier molecular flexibility index (Phi) is 8.27. The number of aromatic nitrogens is 1. The zero-order valence-corrected chi connectivity index (χ0v) is 27.9. The van der Waals surface area contributed by atoms with E-state index in [1.54, 1.807) is 27.4 Å². The fourth-order valence-electron chi connectivity index (χ4n) is 6.30. The Morgan fingerprint density at radius 2 is 1.28 bits per heavy atom. The molecule has 0 saturated carbocycles. The van der Waals surface area contributed by atoms with Gasteiger partial charge in [0.1, 0.15) is 11.1 Å². The van der Waals surface area contributed by atoms with Crippen LogP contribution in [-0.4, -0.2) is 44.2 Å². The number of nitrogens with zero attached hydrogens (tertiary/aromatic N) is 1. The summed E-state index contributed by atoms with van der Waals surface area (Å²) in [6, 6.07) is 13.6. The summed E-state index contributed by atoms with van der Waals surface area (Å²) >= 11 is 0. The minimum absolute atomic E-state index is 0.0215. The van der Waals surface area contributed by atoms with Crippen LogP contribution in [-0.2, 0) is 13.0 Å². The van der Waals surface area contributed by atoms with Gasteiger partial charge in [0.2, 0.25) is 0 Å². The maximum Gasteiger partial charge on any atom is 0.361 e. The molecule has 0 saturated heterocycles. The van der Waals surface area contributed by atoms with Gasteiger partial charge < -0.3 is 37.4 Å². The van der Waals surface area contributed by atoms with E-state index in [1.165, 1.54) is 0 Å². The summed E-state index contributed by atoms with van der Waals surface area (Å²) in [6.45, 7) is 12.4. The average molecular weight is 628 g/mol. The molecule has 3 aromatic carbocycles. The molecule has 0 fully saturated rings. The highest BCUT2D eigenvalue weighted by atomic mass is 16.5. The van der Waals surface area contributed by atoms with E-state index in [0.29, 0.717) is 58.6 Å². The van der Waals surface area contributed by atoms with Crippen molar-refractivity contribution in [3.63, 3.8) is 0 Å². The highest BCUT2D eigenvalue weighted by Crippen LogP contribution is 2.50. The normalized spacial score (nSPS) is 12.5. The molecule has 9 heteroatoms. The van der Waals surface area contributed by atoms with Crippen molar-refractivity contribution in [2.24, 2.45) is 0 Å². The van der Waals surface area contributed by atoms with E-state index in [0.717, 1.165) is 38.7 Å². The van der Waals surface area contributed by atoms with Crippen molar-refractivity contribution in [2.45, 2.75) is 72.8 Å². The van der Waals surface area contributed by atoms with Crippen molar-refractivity contribution in [1.29, 1.82) is 0 Å². The highest BCUT2D eigenvalue weighted by molar-refractivity contribution is 6.17. The lowest BCUT2D eigenvalue weighted by molar-refractivity contribution is 0.230. The number of benzene rings is 3. The van der Waals surface area contributed by atoms with E-state index >= 15 is 0 Å². The number of hydrogen-bond acceptors (Lipinski definition) is 8. The molecule has 242 valence electrons. The molecule has 46 heavy (non-hydrogen) atoms. The van der Waals surface area contributed by atoms with Crippen LogP contribution in [0.1, 0.15) is 47.1 Å². The Morgan fingerprint density at radius 1 is 0.696 bits per heavy atom. The maximum atomic E-state index is 14.0. The molecule has 0 aliphatic carbocycles. The van der Waals surface area contributed by atoms with Gasteiger partial charge in [0.25, 0.3) is 0 Å². The van der Waals surface area contributed by atoms with E-state index in [9.17, 15) is 4.79 Å². The Balaban J connectivity index is 1.76. The van der Waals surface area contributed by atoms with Crippen LogP contribution in [0.2, 0.25) is 0 Å². The number of hydrogen-bond donors (Lipinski definition) is 0. The third kappa shape index (κ3) is 5.37. The van der Waals surface area contributed by atoms with Crippen LogP contribution in [0.4, 0.5) is 0 Å². The minimum atomic E-state index is -0.432. The van der Waals surface area contributed by atoms with Gasteiger partial charge >= 0.3 is 5.63 Å². The summed E-state index contributed by atoms with van der Waals surface area (Å²) < 4.78 is 43.7. The lowest BCUT2D eigenvalue weighted by Gasteiger charge is -2.24. The number of rotatable bonds is 10. The molecular weight excluding hydrogens is 586 g/mol. The Hall–Kier alpha value is -4.79. The molecule has 3 heterocycles. The van der Waals surface area contributed by atoms with Gasteiger partial charge in [0.05, 0.1) is 45.3 Å². The lowest BCUT2D eigenvalue weighted by atomic mass is 9.91. The third-order valence-electron chi connectivity index (χ3n) is 7.98. The Labute approximate surface area is 268 Å². The summed E-state index contributed by atoms with van der Waals surface area (Å²) in [5, 5.41) is 1.49. The summed E-state index contributed by atoms with van der Waals surface area (Å²) in [5.74, 6) is 3.57. The van der Waals surface area contributed by atoms with Gasteiger partial charge in [-0.05, 0) is 89.4 Å². The SMILES string of the molecule is COc1ccc(-c2c3n(c4c(=O)oc5cc(OC(C)C)c(OC)cc5c24)CCc2cc(OC(C)C)c(OC)cc2-3)cc1OC(C)C. The van der Waals surface area contributed by atoms with Crippen molar-refractivity contribution in [2.75, 3.05) is 21.3 Å². The molecule has 5 aromatic rings. The summed E-state index contributed by atoms with van der Waals surface area (Å²) in [5.41, 5.74) is 5.11. The van der Waals surface area contributed by atoms with Gasteiger partial charge in [-0.2, -0.15) is 0 Å².